The highest BCUT2D eigenvalue weighted by Crippen LogP contribution is 2.30. The molecule has 4 amide bonds. The molecule has 0 saturated carbocycles. The molecular weight excluding hydrogens is 504 g/mol. The van der Waals surface area contributed by atoms with Gasteiger partial charge in [-0.2, -0.15) is 0 Å². The molecule has 2 aliphatic heterocycles. The molecule has 0 bridgehead atoms. The normalized spacial score (nSPS) is 14.1. The van der Waals surface area contributed by atoms with Crippen LogP contribution in [0.25, 0.3) is 0 Å². The molecule has 0 aromatic heterocycles. The minimum atomic E-state index is -0.910. The summed E-state index contributed by atoms with van der Waals surface area (Å²) < 4.78 is 10.4. The Kier molecular flexibility index (Phi) is 6.02. The third-order valence-corrected chi connectivity index (χ3v) is 5.98. The first-order valence-electron chi connectivity index (χ1n) is 10.9. The lowest BCUT2D eigenvalue weighted by atomic mass is 10.1. The van der Waals surface area contributed by atoms with Crippen molar-refractivity contribution < 1.29 is 38.2 Å². The molecule has 3 aromatic rings. The fourth-order valence-electron chi connectivity index (χ4n) is 3.97. The van der Waals surface area contributed by atoms with Crippen LogP contribution in [0.4, 0.5) is 0 Å². The van der Waals surface area contributed by atoms with Gasteiger partial charge >= 0.3 is 11.9 Å². The number of benzene rings is 3. The second-order valence-electron chi connectivity index (χ2n) is 8.02. The third-order valence-electron chi connectivity index (χ3n) is 5.69. The molecule has 0 N–H and O–H groups in total. The molecule has 0 fully saturated rings. The summed E-state index contributed by atoms with van der Waals surface area (Å²) in [6.45, 7) is -1.24. The first kappa shape index (κ1) is 23.9. The molecule has 0 atom stereocenters. The maximum Gasteiger partial charge on any atom is 0.331 e. The molecule has 184 valence electrons. The standard InChI is InChI=1S/C26H15ClN2O8/c27-19-11-14(36-21(30)12-28-23(32)15-5-1-2-6-16(15)24(28)33)9-10-20(19)37-22(31)13-29-25(34)17-7-3-4-8-18(17)26(29)35/h1-11H,12-13H2. The SMILES string of the molecule is O=C(CN1C(=O)c2ccccc2C1=O)Oc1ccc(OC(=O)CN2C(=O)c3ccccc3C2=O)c(Cl)c1. The van der Waals surface area contributed by atoms with Gasteiger partial charge in [0.25, 0.3) is 23.6 Å². The molecule has 37 heavy (non-hydrogen) atoms. The van der Waals surface area contributed by atoms with Crippen LogP contribution in [0.15, 0.2) is 66.7 Å². The van der Waals surface area contributed by atoms with Crippen LogP contribution in [-0.4, -0.2) is 58.5 Å². The van der Waals surface area contributed by atoms with E-state index in [4.69, 9.17) is 21.1 Å². The molecule has 5 rings (SSSR count). The Morgan fingerprint density at radius 1 is 0.622 bits per heavy atom. The van der Waals surface area contributed by atoms with E-state index in [-0.39, 0.29) is 38.8 Å². The topological polar surface area (TPSA) is 127 Å². The van der Waals surface area contributed by atoms with Gasteiger partial charge in [-0.25, -0.2) is 9.59 Å². The molecule has 10 nitrogen and oxygen atoms in total. The Morgan fingerprint density at radius 3 is 1.43 bits per heavy atom. The van der Waals surface area contributed by atoms with E-state index in [0.717, 1.165) is 9.80 Å². The van der Waals surface area contributed by atoms with Crippen molar-refractivity contribution in [3.05, 3.63) is 94.0 Å². The summed E-state index contributed by atoms with van der Waals surface area (Å²) in [6.07, 6.45) is 0. The lowest BCUT2D eigenvalue weighted by molar-refractivity contribution is -0.135. The Bertz CT molecular complexity index is 1460. The van der Waals surface area contributed by atoms with Gasteiger partial charge in [0.1, 0.15) is 24.6 Å². The molecule has 0 radical (unpaired) electrons. The summed E-state index contributed by atoms with van der Waals surface area (Å²) in [4.78, 5) is 76.0. The number of rotatable bonds is 6. The number of ether oxygens (including phenoxy) is 2. The number of fused-ring (bicyclic) bond motifs is 2. The average Bonchev–Trinajstić information content (AvgIpc) is 3.26. The number of nitrogens with zero attached hydrogens (tertiary/aromatic N) is 2. The zero-order valence-electron chi connectivity index (χ0n) is 18.8. The minimum Gasteiger partial charge on any atom is -0.425 e. The smallest absolute Gasteiger partial charge is 0.331 e. The Morgan fingerprint density at radius 2 is 1.03 bits per heavy atom. The van der Waals surface area contributed by atoms with Crippen molar-refractivity contribution in [3.63, 3.8) is 0 Å². The van der Waals surface area contributed by atoms with Crippen LogP contribution in [0.5, 0.6) is 11.5 Å². The molecule has 0 aliphatic carbocycles. The van der Waals surface area contributed by atoms with Gasteiger partial charge in [0, 0.05) is 6.07 Å². The van der Waals surface area contributed by atoms with Gasteiger partial charge in [0.2, 0.25) is 0 Å². The predicted molar refractivity (Wildman–Crippen MR) is 126 cm³/mol. The zero-order valence-corrected chi connectivity index (χ0v) is 19.6. The summed E-state index contributed by atoms with van der Waals surface area (Å²) in [5, 5.41) is -0.0956. The lowest BCUT2D eigenvalue weighted by Gasteiger charge is -2.14. The van der Waals surface area contributed by atoms with Crippen LogP contribution in [0.1, 0.15) is 41.4 Å². The number of halogens is 1. The number of hydrogen-bond acceptors (Lipinski definition) is 8. The third kappa shape index (κ3) is 4.34. The quantitative estimate of drug-likeness (QED) is 0.277. The van der Waals surface area contributed by atoms with Gasteiger partial charge in [-0.3, -0.25) is 29.0 Å². The molecule has 11 heteroatoms. The van der Waals surface area contributed by atoms with E-state index in [1.807, 2.05) is 0 Å². The summed E-state index contributed by atoms with van der Waals surface area (Å²) in [5.41, 5.74) is 0.808. The van der Waals surface area contributed by atoms with E-state index >= 15 is 0 Å². The maximum atomic E-state index is 12.4. The van der Waals surface area contributed by atoms with E-state index < -0.39 is 48.7 Å². The molecule has 2 heterocycles. The highest BCUT2D eigenvalue weighted by Gasteiger charge is 2.38. The molecule has 0 unspecified atom stereocenters. The Labute approximate surface area is 213 Å². The Balaban J connectivity index is 1.19. The van der Waals surface area contributed by atoms with Crippen molar-refractivity contribution in [2.45, 2.75) is 0 Å². The largest absolute Gasteiger partial charge is 0.425 e. The van der Waals surface area contributed by atoms with Gasteiger partial charge in [-0.1, -0.05) is 35.9 Å². The van der Waals surface area contributed by atoms with Gasteiger partial charge < -0.3 is 9.47 Å². The first-order valence-corrected chi connectivity index (χ1v) is 11.2. The maximum absolute atomic E-state index is 12.4. The van der Waals surface area contributed by atoms with Crippen molar-refractivity contribution in [2.75, 3.05) is 13.1 Å². The number of carbonyl (C=O) groups is 6. The number of hydrogen-bond donors (Lipinski definition) is 0. The fourth-order valence-corrected chi connectivity index (χ4v) is 4.18. The molecule has 2 aliphatic rings. The second kappa shape index (κ2) is 9.32. The van der Waals surface area contributed by atoms with Crippen LogP contribution >= 0.6 is 11.6 Å². The van der Waals surface area contributed by atoms with E-state index in [9.17, 15) is 28.8 Å². The first-order chi connectivity index (χ1) is 17.7. The number of esters is 2. The van der Waals surface area contributed by atoms with E-state index in [1.54, 1.807) is 24.3 Å². The highest BCUT2D eigenvalue weighted by molar-refractivity contribution is 6.32. The average molecular weight is 519 g/mol. The minimum absolute atomic E-state index is 0.0215. The monoisotopic (exact) mass is 518 g/mol. The fraction of sp³-hybridized carbons (Fsp3) is 0.0769. The highest BCUT2D eigenvalue weighted by atomic mass is 35.5. The van der Waals surface area contributed by atoms with Crippen molar-refractivity contribution in [1.29, 1.82) is 0 Å². The number of imide groups is 2. The lowest BCUT2D eigenvalue weighted by Crippen LogP contribution is -2.36. The molecular formula is C26H15ClN2O8. The molecule has 0 saturated heterocycles. The number of amides is 4. The van der Waals surface area contributed by atoms with Gasteiger partial charge in [-0.05, 0) is 36.4 Å². The van der Waals surface area contributed by atoms with Crippen molar-refractivity contribution >= 4 is 47.2 Å². The number of carbonyl (C=O) groups excluding carboxylic acids is 6. The molecule has 3 aromatic carbocycles. The van der Waals surface area contributed by atoms with Crippen LogP contribution in [-0.2, 0) is 9.59 Å². The Hall–Kier alpha value is -4.83. The van der Waals surface area contributed by atoms with E-state index in [1.165, 1.54) is 42.5 Å². The van der Waals surface area contributed by atoms with Crippen molar-refractivity contribution in [3.8, 4) is 11.5 Å². The summed E-state index contributed by atoms with van der Waals surface area (Å²) in [7, 11) is 0. The van der Waals surface area contributed by atoms with Crippen LogP contribution in [0.3, 0.4) is 0 Å². The van der Waals surface area contributed by atoms with E-state index in [0.29, 0.717) is 0 Å². The van der Waals surface area contributed by atoms with Crippen molar-refractivity contribution in [2.24, 2.45) is 0 Å². The zero-order chi connectivity index (χ0) is 26.3. The second-order valence-corrected chi connectivity index (χ2v) is 8.43. The summed E-state index contributed by atoms with van der Waals surface area (Å²) in [5.74, 6) is -4.33. The van der Waals surface area contributed by atoms with Gasteiger partial charge in [0.15, 0.2) is 0 Å². The molecule has 0 spiro atoms. The van der Waals surface area contributed by atoms with E-state index in [2.05, 4.69) is 0 Å². The van der Waals surface area contributed by atoms with Crippen LogP contribution in [0, 0.1) is 0 Å². The van der Waals surface area contributed by atoms with Gasteiger partial charge in [-0.15, -0.1) is 0 Å². The van der Waals surface area contributed by atoms with Crippen LogP contribution in [0.2, 0.25) is 5.02 Å². The summed E-state index contributed by atoms with van der Waals surface area (Å²) in [6, 6.07) is 16.2. The van der Waals surface area contributed by atoms with Crippen LogP contribution < -0.4 is 9.47 Å². The summed E-state index contributed by atoms with van der Waals surface area (Å²) >= 11 is 6.15. The van der Waals surface area contributed by atoms with Gasteiger partial charge in [0.05, 0.1) is 27.3 Å². The predicted octanol–water partition coefficient (Wildman–Crippen LogP) is 2.74. The van der Waals surface area contributed by atoms with Crippen molar-refractivity contribution in [1.82, 2.24) is 9.80 Å².